The molecule has 23 heavy (non-hydrogen) atoms. The van der Waals surface area contributed by atoms with Crippen LogP contribution in [-0.4, -0.2) is 37.3 Å². The summed E-state index contributed by atoms with van der Waals surface area (Å²) in [6.07, 6.45) is 5.06. The number of carbonyl (C=O) groups excluding carboxylic acids is 1. The predicted octanol–water partition coefficient (Wildman–Crippen LogP) is 1.63. The minimum absolute atomic E-state index is 0.130. The molecule has 2 aromatic rings. The molecule has 1 aliphatic rings. The number of aromatic nitrogens is 1. The molecule has 1 aromatic carbocycles. The Morgan fingerprint density at radius 1 is 1.13 bits per heavy atom. The predicted molar refractivity (Wildman–Crippen MR) is 86.2 cm³/mol. The van der Waals surface area contributed by atoms with E-state index in [1.165, 1.54) is 6.07 Å². The normalized spacial score (nSPS) is 14.9. The van der Waals surface area contributed by atoms with Crippen molar-refractivity contribution in [3.05, 3.63) is 48.3 Å². The molecule has 0 unspecified atom stereocenters. The zero-order valence-corrected chi connectivity index (χ0v) is 13.3. The lowest BCUT2D eigenvalue weighted by Gasteiger charge is -2.19. The minimum atomic E-state index is -4.01. The summed E-state index contributed by atoms with van der Waals surface area (Å²) in [5.41, 5.74) is 1.34. The van der Waals surface area contributed by atoms with Crippen molar-refractivity contribution in [1.29, 1.82) is 0 Å². The number of rotatable bonds is 3. The second kappa shape index (κ2) is 6.10. The van der Waals surface area contributed by atoms with Crippen LogP contribution in [0.5, 0.6) is 0 Å². The fraction of sp³-hybridized carbons (Fsp3) is 0.250. The van der Waals surface area contributed by atoms with E-state index in [1.54, 1.807) is 41.6 Å². The van der Waals surface area contributed by atoms with Crippen molar-refractivity contribution in [3.63, 3.8) is 0 Å². The Balaban J connectivity index is 2.22. The fourth-order valence-electron chi connectivity index (χ4n) is 2.83. The van der Waals surface area contributed by atoms with Crippen LogP contribution in [-0.2, 0) is 10.0 Å². The lowest BCUT2D eigenvalue weighted by molar-refractivity contribution is 0.0790. The standard InChI is InChI=1S/C16H17N3O3S/c17-23(21,22)14-7-3-6-13(12-5-4-8-18-11-12)15(14)16(20)19-9-1-2-10-19/h3-8,11H,1-2,9-10H2,(H2,17,21,22). The molecule has 1 fully saturated rings. The summed E-state index contributed by atoms with van der Waals surface area (Å²) < 4.78 is 23.9. The van der Waals surface area contributed by atoms with Crippen molar-refractivity contribution in [2.75, 3.05) is 13.1 Å². The molecule has 1 amide bonds. The molecule has 1 aliphatic heterocycles. The smallest absolute Gasteiger partial charge is 0.255 e. The minimum Gasteiger partial charge on any atom is -0.339 e. The third kappa shape index (κ3) is 3.11. The van der Waals surface area contributed by atoms with Crippen LogP contribution in [0.25, 0.3) is 11.1 Å². The van der Waals surface area contributed by atoms with E-state index in [-0.39, 0.29) is 16.4 Å². The molecule has 120 valence electrons. The first kappa shape index (κ1) is 15.6. The van der Waals surface area contributed by atoms with E-state index in [0.29, 0.717) is 24.2 Å². The number of pyridine rings is 1. The largest absolute Gasteiger partial charge is 0.339 e. The number of hydrogen-bond acceptors (Lipinski definition) is 4. The maximum atomic E-state index is 12.9. The highest BCUT2D eigenvalue weighted by Gasteiger charge is 2.28. The Kier molecular flexibility index (Phi) is 4.14. The number of nitrogens with zero attached hydrogens (tertiary/aromatic N) is 2. The van der Waals surface area contributed by atoms with E-state index < -0.39 is 10.0 Å². The molecule has 1 saturated heterocycles. The fourth-order valence-corrected chi connectivity index (χ4v) is 3.58. The average Bonchev–Trinajstić information content (AvgIpc) is 3.08. The monoisotopic (exact) mass is 331 g/mol. The van der Waals surface area contributed by atoms with Gasteiger partial charge >= 0.3 is 0 Å². The van der Waals surface area contributed by atoms with Gasteiger partial charge in [-0.25, -0.2) is 13.6 Å². The van der Waals surface area contributed by atoms with Gasteiger partial charge in [-0.3, -0.25) is 9.78 Å². The van der Waals surface area contributed by atoms with Gasteiger partial charge in [0.2, 0.25) is 10.0 Å². The number of benzene rings is 1. The van der Waals surface area contributed by atoms with Crippen LogP contribution in [0.2, 0.25) is 0 Å². The van der Waals surface area contributed by atoms with Crippen molar-refractivity contribution in [2.24, 2.45) is 5.14 Å². The Morgan fingerprint density at radius 2 is 1.87 bits per heavy atom. The van der Waals surface area contributed by atoms with Gasteiger partial charge in [0.05, 0.1) is 10.5 Å². The second-order valence-electron chi connectivity index (χ2n) is 5.46. The number of amides is 1. The lowest BCUT2D eigenvalue weighted by Crippen LogP contribution is -2.30. The third-order valence-corrected chi connectivity index (χ3v) is 4.87. The zero-order chi connectivity index (χ0) is 16.4. The molecule has 2 N–H and O–H groups in total. The van der Waals surface area contributed by atoms with Crippen LogP contribution < -0.4 is 5.14 Å². The zero-order valence-electron chi connectivity index (χ0n) is 12.5. The molecule has 0 spiro atoms. The topological polar surface area (TPSA) is 93.4 Å². The molecule has 0 bridgehead atoms. The first-order chi connectivity index (χ1) is 11.0. The first-order valence-corrected chi connectivity index (χ1v) is 8.88. The van der Waals surface area contributed by atoms with Crippen molar-refractivity contribution in [2.45, 2.75) is 17.7 Å². The lowest BCUT2D eigenvalue weighted by atomic mass is 10.00. The molecule has 0 aliphatic carbocycles. The van der Waals surface area contributed by atoms with Gasteiger partial charge in [-0.1, -0.05) is 18.2 Å². The second-order valence-corrected chi connectivity index (χ2v) is 6.99. The Labute approximate surface area is 135 Å². The maximum Gasteiger partial charge on any atom is 0.255 e. The van der Waals surface area contributed by atoms with E-state index in [9.17, 15) is 13.2 Å². The van der Waals surface area contributed by atoms with Crippen molar-refractivity contribution in [1.82, 2.24) is 9.88 Å². The molecule has 1 aromatic heterocycles. The molecule has 6 nitrogen and oxygen atoms in total. The van der Waals surface area contributed by atoms with Crippen LogP contribution >= 0.6 is 0 Å². The van der Waals surface area contributed by atoms with Gasteiger partial charge < -0.3 is 4.90 Å². The summed E-state index contributed by atoms with van der Waals surface area (Å²) in [5, 5.41) is 5.33. The summed E-state index contributed by atoms with van der Waals surface area (Å²) in [6, 6.07) is 8.20. The van der Waals surface area contributed by atoms with E-state index >= 15 is 0 Å². The molecular weight excluding hydrogens is 314 g/mol. The van der Waals surface area contributed by atoms with Crippen LogP contribution in [0.1, 0.15) is 23.2 Å². The molecular formula is C16H17N3O3S. The Hall–Kier alpha value is -2.25. The molecule has 2 heterocycles. The van der Waals surface area contributed by atoms with Gasteiger partial charge in [0.25, 0.3) is 5.91 Å². The summed E-state index contributed by atoms with van der Waals surface area (Å²) in [7, 11) is -4.01. The molecule has 7 heteroatoms. The molecule has 0 saturated carbocycles. The summed E-state index contributed by atoms with van der Waals surface area (Å²) in [4.78, 5) is 18.5. The summed E-state index contributed by atoms with van der Waals surface area (Å²) in [6.45, 7) is 1.26. The van der Waals surface area contributed by atoms with Gasteiger partial charge in [0, 0.05) is 31.0 Å². The number of likely N-dealkylation sites (tertiary alicyclic amines) is 1. The summed E-state index contributed by atoms with van der Waals surface area (Å²) >= 11 is 0. The highest BCUT2D eigenvalue weighted by atomic mass is 32.2. The molecule has 0 radical (unpaired) electrons. The first-order valence-electron chi connectivity index (χ1n) is 7.34. The van der Waals surface area contributed by atoms with Crippen LogP contribution in [0.4, 0.5) is 0 Å². The number of hydrogen-bond donors (Lipinski definition) is 1. The quantitative estimate of drug-likeness (QED) is 0.925. The highest BCUT2D eigenvalue weighted by Crippen LogP contribution is 2.30. The Bertz CT molecular complexity index is 829. The maximum absolute atomic E-state index is 12.9. The van der Waals surface area contributed by atoms with Gasteiger partial charge in [-0.15, -0.1) is 0 Å². The summed E-state index contributed by atoms with van der Waals surface area (Å²) in [5.74, 6) is -0.300. The van der Waals surface area contributed by atoms with Crippen molar-refractivity contribution in [3.8, 4) is 11.1 Å². The van der Waals surface area contributed by atoms with Crippen LogP contribution in [0.15, 0.2) is 47.6 Å². The van der Waals surface area contributed by atoms with Gasteiger partial charge in [-0.05, 0) is 30.5 Å². The third-order valence-electron chi connectivity index (χ3n) is 3.91. The number of carbonyl (C=O) groups is 1. The van der Waals surface area contributed by atoms with Gasteiger partial charge in [-0.2, -0.15) is 0 Å². The molecule has 0 atom stereocenters. The number of sulfonamides is 1. The van der Waals surface area contributed by atoms with Crippen LogP contribution in [0, 0.1) is 0 Å². The highest BCUT2D eigenvalue weighted by molar-refractivity contribution is 7.89. The van der Waals surface area contributed by atoms with Crippen molar-refractivity contribution < 1.29 is 13.2 Å². The average molecular weight is 331 g/mol. The van der Waals surface area contributed by atoms with Gasteiger partial charge in [0.1, 0.15) is 0 Å². The van der Waals surface area contributed by atoms with E-state index in [4.69, 9.17) is 5.14 Å². The molecule has 3 rings (SSSR count). The Morgan fingerprint density at radius 3 is 2.48 bits per heavy atom. The SMILES string of the molecule is NS(=O)(=O)c1cccc(-c2cccnc2)c1C(=O)N1CCCC1. The number of primary sulfonamides is 1. The number of nitrogens with two attached hydrogens (primary N) is 1. The van der Waals surface area contributed by atoms with E-state index in [0.717, 1.165) is 12.8 Å². The van der Waals surface area contributed by atoms with Crippen molar-refractivity contribution >= 4 is 15.9 Å². The van der Waals surface area contributed by atoms with Gasteiger partial charge in [0.15, 0.2) is 0 Å². The van der Waals surface area contributed by atoms with E-state index in [2.05, 4.69) is 4.98 Å². The van der Waals surface area contributed by atoms with E-state index in [1.807, 2.05) is 0 Å². The van der Waals surface area contributed by atoms with Crippen LogP contribution in [0.3, 0.4) is 0 Å².